The van der Waals surface area contributed by atoms with E-state index >= 15 is 0 Å². The van der Waals surface area contributed by atoms with Crippen LogP contribution in [-0.2, 0) is 13.6 Å². The number of piperidine rings is 1. The molecule has 0 spiro atoms. The molecule has 0 amide bonds. The third-order valence-corrected chi connectivity index (χ3v) is 4.56. The molecule has 3 aromatic rings. The summed E-state index contributed by atoms with van der Waals surface area (Å²) >= 11 is 0. The van der Waals surface area contributed by atoms with Crippen molar-refractivity contribution in [2.24, 2.45) is 7.05 Å². The summed E-state index contributed by atoms with van der Waals surface area (Å²) < 4.78 is 7.71. The largest absolute Gasteiger partial charge is 0.460 e. The Morgan fingerprint density at radius 3 is 2.35 bits per heavy atom. The summed E-state index contributed by atoms with van der Waals surface area (Å²) in [7, 11) is 1.89. The Hall–Kier alpha value is -2.81. The van der Waals surface area contributed by atoms with Crippen molar-refractivity contribution in [3.05, 3.63) is 37.2 Å². The van der Waals surface area contributed by atoms with Crippen LogP contribution in [0.25, 0.3) is 11.1 Å². The molecule has 9 nitrogen and oxygen atoms in total. The van der Waals surface area contributed by atoms with Crippen LogP contribution in [0.5, 0.6) is 6.01 Å². The second-order valence-electron chi connectivity index (χ2n) is 6.44. The van der Waals surface area contributed by atoms with E-state index in [2.05, 4.69) is 30.2 Å². The Kier molecular flexibility index (Phi) is 4.87. The molecule has 0 aromatic carbocycles. The fourth-order valence-electron chi connectivity index (χ4n) is 3.09. The highest BCUT2D eigenvalue weighted by Crippen LogP contribution is 2.19. The molecule has 0 aliphatic carbocycles. The summed E-state index contributed by atoms with van der Waals surface area (Å²) in [5.74, 6) is 0. The minimum absolute atomic E-state index is 0.165. The predicted molar refractivity (Wildman–Crippen MR) is 94.3 cm³/mol. The molecule has 1 aliphatic rings. The lowest BCUT2D eigenvalue weighted by Crippen LogP contribution is -2.40. The van der Waals surface area contributed by atoms with Crippen molar-refractivity contribution >= 4 is 0 Å². The van der Waals surface area contributed by atoms with E-state index in [1.807, 2.05) is 13.2 Å². The maximum atomic E-state index is 5.95. The number of aryl methyl sites for hydroxylation is 1. The van der Waals surface area contributed by atoms with Gasteiger partial charge in [0.25, 0.3) is 0 Å². The molecule has 0 radical (unpaired) electrons. The lowest BCUT2D eigenvalue weighted by molar-refractivity contribution is 0.0898. The molecule has 1 fully saturated rings. The van der Waals surface area contributed by atoms with Crippen LogP contribution in [0.15, 0.2) is 37.2 Å². The van der Waals surface area contributed by atoms with Crippen LogP contribution in [0.1, 0.15) is 12.8 Å². The molecule has 136 valence electrons. The van der Waals surface area contributed by atoms with Crippen molar-refractivity contribution < 1.29 is 4.74 Å². The molecule has 9 heteroatoms. The number of likely N-dealkylation sites (tertiary alicyclic amines) is 1. The summed E-state index contributed by atoms with van der Waals surface area (Å²) in [6.45, 7) is 3.77. The lowest BCUT2D eigenvalue weighted by Gasteiger charge is -2.31. The Bertz CT molecular complexity index is 806. The van der Waals surface area contributed by atoms with E-state index in [9.17, 15) is 0 Å². The number of hydrogen-bond acceptors (Lipinski definition) is 7. The first-order valence-electron chi connectivity index (χ1n) is 8.80. The molecule has 0 saturated carbocycles. The van der Waals surface area contributed by atoms with Crippen LogP contribution in [0.2, 0.25) is 0 Å². The van der Waals surface area contributed by atoms with Gasteiger partial charge in [-0.1, -0.05) is 0 Å². The van der Waals surface area contributed by atoms with E-state index in [1.54, 1.807) is 40.5 Å². The van der Waals surface area contributed by atoms with Gasteiger partial charge in [0.15, 0.2) is 0 Å². The topological polar surface area (TPSA) is 86.8 Å². The van der Waals surface area contributed by atoms with Crippen LogP contribution in [0.3, 0.4) is 0 Å². The van der Waals surface area contributed by atoms with Gasteiger partial charge < -0.3 is 9.64 Å². The first kappa shape index (κ1) is 16.6. The first-order chi connectivity index (χ1) is 12.8. The average molecular weight is 354 g/mol. The van der Waals surface area contributed by atoms with E-state index in [4.69, 9.17) is 4.74 Å². The molecule has 1 aliphatic heterocycles. The molecule has 26 heavy (non-hydrogen) atoms. The van der Waals surface area contributed by atoms with Crippen LogP contribution in [0.4, 0.5) is 0 Å². The van der Waals surface area contributed by atoms with Gasteiger partial charge in [0.05, 0.1) is 25.1 Å². The van der Waals surface area contributed by atoms with Gasteiger partial charge >= 0.3 is 6.01 Å². The molecule has 0 N–H and O–H groups in total. The van der Waals surface area contributed by atoms with Crippen molar-refractivity contribution in [2.45, 2.75) is 25.5 Å². The Labute approximate surface area is 151 Å². The summed E-state index contributed by atoms with van der Waals surface area (Å²) in [6.07, 6.45) is 12.8. The average Bonchev–Trinajstić information content (AvgIpc) is 3.34. The molecular formula is C17H22N8O. The Morgan fingerprint density at radius 1 is 0.962 bits per heavy atom. The third-order valence-electron chi connectivity index (χ3n) is 4.56. The molecule has 0 bridgehead atoms. The van der Waals surface area contributed by atoms with E-state index in [0.717, 1.165) is 50.1 Å². The quantitative estimate of drug-likeness (QED) is 0.653. The van der Waals surface area contributed by atoms with E-state index in [-0.39, 0.29) is 6.10 Å². The SMILES string of the molecule is Cn1cc(-c2cnc(OC3CCN(CCn4nccn4)CC3)nc2)cn1. The van der Waals surface area contributed by atoms with Crippen molar-refractivity contribution in [3.8, 4) is 17.1 Å². The van der Waals surface area contributed by atoms with Crippen LogP contribution in [-0.4, -0.2) is 65.4 Å². The third kappa shape index (κ3) is 4.05. The van der Waals surface area contributed by atoms with Crippen LogP contribution >= 0.6 is 0 Å². The zero-order valence-corrected chi connectivity index (χ0v) is 14.8. The van der Waals surface area contributed by atoms with Crippen molar-refractivity contribution in [2.75, 3.05) is 19.6 Å². The van der Waals surface area contributed by atoms with E-state index in [1.165, 1.54) is 0 Å². The van der Waals surface area contributed by atoms with Crippen LogP contribution in [0, 0.1) is 0 Å². The summed E-state index contributed by atoms with van der Waals surface area (Å²) in [5, 5.41) is 12.4. The van der Waals surface area contributed by atoms with Crippen molar-refractivity contribution in [1.82, 2.24) is 39.6 Å². The fraction of sp³-hybridized carbons (Fsp3) is 0.471. The smallest absolute Gasteiger partial charge is 0.316 e. The Morgan fingerprint density at radius 2 is 1.69 bits per heavy atom. The number of ether oxygens (including phenoxy) is 1. The molecule has 3 aromatic heterocycles. The van der Waals surface area contributed by atoms with Gasteiger partial charge in [-0.3, -0.25) is 4.68 Å². The van der Waals surface area contributed by atoms with Gasteiger partial charge in [0.1, 0.15) is 6.10 Å². The minimum atomic E-state index is 0.165. The molecule has 4 rings (SSSR count). The second-order valence-corrected chi connectivity index (χ2v) is 6.44. The molecule has 1 saturated heterocycles. The summed E-state index contributed by atoms with van der Waals surface area (Å²) in [4.78, 5) is 12.8. The summed E-state index contributed by atoms with van der Waals surface area (Å²) in [6, 6.07) is 0.442. The number of hydrogen-bond donors (Lipinski definition) is 0. The maximum Gasteiger partial charge on any atom is 0.316 e. The second kappa shape index (κ2) is 7.61. The molecular weight excluding hydrogens is 332 g/mol. The monoisotopic (exact) mass is 354 g/mol. The standard InChI is InChI=1S/C17H22N8O/c1-23-13-15(12-22-23)14-10-18-17(19-11-14)26-16-2-6-24(7-3-16)8-9-25-20-4-5-21-25/h4-5,10-13,16H,2-3,6-9H2,1H3. The first-order valence-corrected chi connectivity index (χ1v) is 8.80. The number of aromatic nitrogens is 7. The fourth-order valence-corrected chi connectivity index (χ4v) is 3.09. The number of nitrogens with zero attached hydrogens (tertiary/aromatic N) is 8. The Balaban J connectivity index is 1.25. The highest BCUT2D eigenvalue weighted by Gasteiger charge is 2.21. The van der Waals surface area contributed by atoms with Gasteiger partial charge in [0.2, 0.25) is 0 Å². The highest BCUT2D eigenvalue weighted by atomic mass is 16.5. The van der Waals surface area contributed by atoms with Gasteiger partial charge in [-0.15, -0.1) is 0 Å². The lowest BCUT2D eigenvalue weighted by atomic mass is 10.1. The molecule has 4 heterocycles. The van der Waals surface area contributed by atoms with E-state index < -0.39 is 0 Å². The minimum Gasteiger partial charge on any atom is -0.460 e. The van der Waals surface area contributed by atoms with Crippen molar-refractivity contribution in [1.29, 1.82) is 0 Å². The maximum absolute atomic E-state index is 5.95. The van der Waals surface area contributed by atoms with E-state index in [0.29, 0.717) is 6.01 Å². The predicted octanol–water partition coefficient (Wildman–Crippen LogP) is 1.01. The van der Waals surface area contributed by atoms with Gasteiger partial charge in [-0.2, -0.15) is 20.1 Å². The highest BCUT2D eigenvalue weighted by molar-refractivity contribution is 5.59. The van der Waals surface area contributed by atoms with Gasteiger partial charge in [0, 0.05) is 56.4 Å². The van der Waals surface area contributed by atoms with Gasteiger partial charge in [-0.05, 0) is 12.8 Å². The molecule has 0 atom stereocenters. The van der Waals surface area contributed by atoms with Crippen molar-refractivity contribution in [3.63, 3.8) is 0 Å². The van der Waals surface area contributed by atoms with Crippen LogP contribution < -0.4 is 4.74 Å². The zero-order valence-electron chi connectivity index (χ0n) is 14.8. The zero-order chi connectivity index (χ0) is 17.8. The normalized spacial score (nSPS) is 16.0. The van der Waals surface area contributed by atoms with Gasteiger partial charge in [-0.25, -0.2) is 9.97 Å². The number of rotatable bonds is 6. The summed E-state index contributed by atoms with van der Waals surface area (Å²) in [5.41, 5.74) is 1.94. The molecule has 0 unspecified atom stereocenters.